The number of nitrogens with zero attached hydrogens (tertiary/aromatic N) is 2. The summed E-state index contributed by atoms with van der Waals surface area (Å²) < 4.78 is 10.3. The quantitative estimate of drug-likeness (QED) is 0.349. The molecule has 2 aromatic carbocycles. The molecule has 1 N–H and O–H groups in total. The van der Waals surface area contributed by atoms with E-state index in [2.05, 4.69) is 5.32 Å². The first-order chi connectivity index (χ1) is 12.9. The maximum atomic E-state index is 12.4. The van der Waals surface area contributed by atoms with Crippen LogP contribution in [-0.4, -0.2) is 25.1 Å². The van der Waals surface area contributed by atoms with Gasteiger partial charge in [-0.3, -0.25) is 14.9 Å². The maximum absolute atomic E-state index is 12.4. The van der Waals surface area contributed by atoms with E-state index in [1.54, 1.807) is 24.3 Å². The van der Waals surface area contributed by atoms with Gasteiger partial charge < -0.3 is 14.8 Å². The molecule has 9 heteroatoms. The van der Waals surface area contributed by atoms with Crippen molar-refractivity contribution in [2.24, 2.45) is 0 Å². The summed E-state index contributed by atoms with van der Waals surface area (Å²) in [6.45, 7) is 0. The van der Waals surface area contributed by atoms with Gasteiger partial charge >= 0.3 is 0 Å². The molecule has 0 aromatic heterocycles. The lowest BCUT2D eigenvalue weighted by molar-refractivity contribution is -0.383. The van der Waals surface area contributed by atoms with E-state index in [1.165, 1.54) is 32.4 Å². The number of halogens is 1. The van der Waals surface area contributed by atoms with E-state index in [4.69, 9.17) is 21.1 Å². The SMILES string of the molecule is COc1ccc(OC)c(C=C(C#N)C(=O)Nc2ccc(Cl)cc2[N+](=O)[O-])c1. The third kappa shape index (κ3) is 4.74. The molecule has 0 aliphatic rings. The van der Waals surface area contributed by atoms with E-state index in [1.807, 2.05) is 0 Å². The van der Waals surface area contributed by atoms with E-state index >= 15 is 0 Å². The highest BCUT2D eigenvalue weighted by atomic mass is 35.5. The summed E-state index contributed by atoms with van der Waals surface area (Å²) in [5.41, 5.74) is -0.291. The Labute approximate surface area is 159 Å². The number of nitrogens with one attached hydrogen (secondary N) is 1. The first-order valence-electron chi connectivity index (χ1n) is 7.48. The van der Waals surface area contributed by atoms with Crippen LogP contribution >= 0.6 is 11.6 Å². The molecule has 0 heterocycles. The zero-order valence-electron chi connectivity index (χ0n) is 14.4. The topological polar surface area (TPSA) is 114 Å². The maximum Gasteiger partial charge on any atom is 0.294 e. The second-order valence-corrected chi connectivity index (χ2v) is 5.59. The van der Waals surface area contributed by atoms with Crippen LogP contribution in [-0.2, 0) is 4.79 Å². The van der Waals surface area contributed by atoms with Gasteiger partial charge in [-0.15, -0.1) is 0 Å². The lowest BCUT2D eigenvalue weighted by Gasteiger charge is -2.09. The zero-order chi connectivity index (χ0) is 20.0. The normalized spacial score (nSPS) is 10.7. The van der Waals surface area contributed by atoms with Gasteiger partial charge in [-0.05, 0) is 36.4 Å². The highest BCUT2D eigenvalue weighted by molar-refractivity contribution is 6.31. The summed E-state index contributed by atoms with van der Waals surface area (Å²) in [7, 11) is 2.93. The van der Waals surface area contributed by atoms with Crippen LogP contribution in [0.25, 0.3) is 6.08 Å². The average Bonchev–Trinajstić information content (AvgIpc) is 2.66. The van der Waals surface area contributed by atoms with Gasteiger partial charge in [-0.1, -0.05) is 11.6 Å². The number of nitro benzene ring substituents is 1. The minimum Gasteiger partial charge on any atom is -0.497 e. The number of hydrogen-bond acceptors (Lipinski definition) is 6. The molecule has 0 fully saturated rings. The van der Waals surface area contributed by atoms with Gasteiger partial charge in [0, 0.05) is 16.7 Å². The molecule has 0 unspecified atom stereocenters. The molecule has 0 spiro atoms. The van der Waals surface area contributed by atoms with Gasteiger partial charge in [0.2, 0.25) is 0 Å². The summed E-state index contributed by atoms with van der Waals surface area (Å²) in [4.78, 5) is 22.9. The molecule has 0 aliphatic carbocycles. The number of benzene rings is 2. The van der Waals surface area contributed by atoms with Crippen LogP contribution in [0.5, 0.6) is 11.5 Å². The second kappa shape index (κ2) is 8.69. The lowest BCUT2D eigenvalue weighted by Crippen LogP contribution is -2.14. The Balaban J connectivity index is 2.39. The Morgan fingerprint density at radius 3 is 2.59 bits per heavy atom. The van der Waals surface area contributed by atoms with Crippen molar-refractivity contribution < 1.29 is 19.2 Å². The molecule has 0 saturated carbocycles. The Kier molecular flexibility index (Phi) is 6.36. The molecule has 138 valence electrons. The molecule has 0 aliphatic heterocycles. The van der Waals surface area contributed by atoms with Crippen molar-refractivity contribution in [2.45, 2.75) is 0 Å². The van der Waals surface area contributed by atoms with E-state index in [0.717, 1.165) is 6.07 Å². The number of ether oxygens (including phenoxy) is 2. The molecule has 1 amide bonds. The van der Waals surface area contributed by atoms with Crippen molar-refractivity contribution in [1.82, 2.24) is 0 Å². The second-order valence-electron chi connectivity index (χ2n) is 5.15. The Morgan fingerprint density at radius 2 is 2.00 bits per heavy atom. The van der Waals surface area contributed by atoms with Crippen molar-refractivity contribution in [2.75, 3.05) is 19.5 Å². The first-order valence-corrected chi connectivity index (χ1v) is 7.86. The summed E-state index contributed by atoms with van der Waals surface area (Å²) in [5, 5.41) is 23.0. The molecule has 0 bridgehead atoms. The van der Waals surface area contributed by atoms with Crippen molar-refractivity contribution in [1.29, 1.82) is 5.26 Å². The van der Waals surface area contributed by atoms with Crippen molar-refractivity contribution in [3.05, 3.63) is 62.7 Å². The Bertz CT molecular complexity index is 966. The number of hydrogen-bond donors (Lipinski definition) is 1. The van der Waals surface area contributed by atoms with E-state index in [9.17, 15) is 20.2 Å². The van der Waals surface area contributed by atoms with Crippen molar-refractivity contribution in [3.63, 3.8) is 0 Å². The fourth-order valence-corrected chi connectivity index (χ4v) is 2.37. The smallest absolute Gasteiger partial charge is 0.294 e. The summed E-state index contributed by atoms with van der Waals surface area (Å²) in [6, 6.07) is 10.5. The molecule has 2 rings (SSSR count). The van der Waals surface area contributed by atoms with E-state index < -0.39 is 10.8 Å². The van der Waals surface area contributed by atoms with Crippen LogP contribution in [0, 0.1) is 21.4 Å². The monoisotopic (exact) mass is 387 g/mol. The van der Waals surface area contributed by atoms with Gasteiger partial charge in [0.05, 0.1) is 19.1 Å². The molecular formula is C18H14ClN3O5. The van der Waals surface area contributed by atoms with Crippen LogP contribution in [0.2, 0.25) is 5.02 Å². The predicted octanol–water partition coefficient (Wildman–Crippen LogP) is 3.81. The third-order valence-corrected chi connectivity index (χ3v) is 3.74. The highest BCUT2D eigenvalue weighted by Gasteiger charge is 2.19. The number of nitro groups is 1. The average molecular weight is 388 g/mol. The van der Waals surface area contributed by atoms with Crippen molar-refractivity contribution >= 4 is 35.0 Å². The Hall–Kier alpha value is -3.57. The van der Waals surface area contributed by atoms with E-state index in [0.29, 0.717) is 17.1 Å². The third-order valence-electron chi connectivity index (χ3n) is 3.51. The summed E-state index contributed by atoms with van der Waals surface area (Å²) in [6.07, 6.45) is 1.30. The Morgan fingerprint density at radius 1 is 1.26 bits per heavy atom. The standard InChI is InChI=1S/C18H14ClN3O5/c1-26-14-4-6-17(27-2)11(8-14)7-12(10-20)18(23)21-15-5-3-13(19)9-16(15)22(24)25/h3-9H,1-2H3,(H,21,23). The fourth-order valence-electron chi connectivity index (χ4n) is 2.21. The number of methoxy groups -OCH3 is 2. The van der Waals surface area contributed by atoms with Crippen LogP contribution in [0.3, 0.4) is 0 Å². The van der Waals surface area contributed by atoms with Gasteiger partial charge in [-0.2, -0.15) is 5.26 Å². The fraction of sp³-hybridized carbons (Fsp3) is 0.111. The van der Waals surface area contributed by atoms with Gasteiger partial charge in [0.1, 0.15) is 28.8 Å². The van der Waals surface area contributed by atoms with Crippen LogP contribution in [0.15, 0.2) is 42.0 Å². The van der Waals surface area contributed by atoms with Crippen LogP contribution in [0.1, 0.15) is 5.56 Å². The number of carbonyl (C=O) groups is 1. The highest BCUT2D eigenvalue weighted by Crippen LogP contribution is 2.29. The number of anilines is 1. The summed E-state index contributed by atoms with van der Waals surface area (Å²) >= 11 is 5.75. The van der Waals surface area contributed by atoms with E-state index in [-0.39, 0.29) is 22.0 Å². The number of carbonyl (C=O) groups excluding carboxylic acids is 1. The first kappa shape index (κ1) is 19.8. The minimum absolute atomic E-state index is 0.0758. The molecular weight excluding hydrogens is 374 g/mol. The lowest BCUT2D eigenvalue weighted by atomic mass is 10.1. The molecule has 0 atom stereocenters. The predicted molar refractivity (Wildman–Crippen MR) is 99.9 cm³/mol. The number of rotatable bonds is 6. The van der Waals surface area contributed by atoms with Crippen LogP contribution < -0.4 is 14.8 Å². The molecule has 0 saturated heterocycles. The van der Waals surface area contributed by atoms with Gasteiger partial charge in [0.15, 0.2) is 0 Å². The van der Waals surface area contributed by atoms with Gasteiger partial charge in [0.25, 0.3) is 11.6 Å². The minimum atomic E-state index is -0.812. The summed E-state index contributed by atoms with van der Waals surface area (Å²) in [5.74, 6) is 0.120. The molecule has 2 aromatic rings. The number of nitriles is 1. The van der Waals surface area contributed by atoms with Crippen LogP contribution in [0.4, 0.5) is 11.4 Å². The largest absolute Gasteiger partial charge is 0.497 e. The zero-order valence-corrected chi connectivity index (χ0v) is 15.1. The molecule has 8 nitrogen and oxygen atoms in total. The molecule has 27 heavy (non-hydrogen) atoms. The van der Waals surface area contributed by atoms with Gasteiger partial charge in [-0.25, -0.2) is 0 Å². The van der Waals surface area contributed by atoms with Crippen molar-refractivity contribution in [3.8, 4) is 17.6 Å². The molecule has 0 radical (unpaired) electrons. The number of amides is 1.